The molecule has 0 atom stereocenters. The van der Waals surface area contributed by atoms with Crippen molar-refractivity contribution in [2.45, 2.75) is 33.1 Å². The molecule has 0 saturated carbocycles. The van der Waals surface area contributed by atoms with Crippen molar-refractivity contribution < 1.29 is 0 Å². The summed E-state index contributed by atoms with van der Waals surface area (Å²) < 4.78 is 0. The van der Waals surface area contributed by atoms with Crippen LogP contribution in [0.3, 0.4) is 0 Å². The number of fused-ring (bicyclic) bond motifs is 2. The first-order chi connectivity index (χ1) is 12.2. The zero-order valence-electron chi connectivity index (χ0n) is 14.6. The quantitative estimate of drug-likeness (QED) is 0.636. The van der Waals surface area contributed by atoms with Gasteiger partial charge < -0.3 is 0 Å². The number of aryl methyl sites for hydroxylation is 2. The summed E-state index contributed by atoms with van der Waals surface area (Å²) in [6.07, 6.45) is 4.64. The van der Waals surface area contributed by atoms with Crippen LogP contribution in [0.1, 0.15) is 39.1 Å². The van der Waals surface area contributed by atoms with Gasteiger partial charge in [-0.15, -0.1) is 0 Å². The van der Waals surface area contributed by atoms with Crippen molar-refractivity contribution >= 4 is 0 Å². The molecule has 0 unspecified atom stereocenters. The Balaban J connectivity index is 1.81. The van der Waals surface area contributed by atoms with Gasteiger partial charge in [0.1, 0.15) is 0 Å². The van der Waals surface area contributed by atoms with Gasteiger partial charge in [0, 0.05) is 17.5 Å². The second kappa shape index (κ2) is 6.18. The Kier molecular flexibility index (Phi) is 3.86. The van der Waals surface area contributed by atoms with E-state index in [1.54, 1.807) is 0 Å². The third kappa shape index (κ3) is 2.72. The topological polar surface area (TPSA) is 36.7 Å². The number of hydrogen-bond acceptors (Lipinski definition) is 2. The number of hydrogen-bond donors (Lipinski definition) is 0. The number of benzene rings is 2. The number of aromatic nitrogens is 1. The average molecular weight is 324 g/mol. The van der Waals surface area contributed by atoms with Crippen LogP contribution in [-0.2, 0) is 19.3 Å². The predicted molar refractivity (Wildman–Crippen MR) is 101 cm³/mol. The molecule has 2 aromatic carbocycles. The smallest absolute Gasteiger partial charge is 0.0994 e. The first kappa shape index (κ1) is 15.6. The molecule has 1 aliphatic rings. The highest BCUT2D eigenvalue weighted by molar-refractivity contribution is 5.69. The van der Waals surface area contributed by atoms with Gasteiger partial charge in [0.2, 0.25) is 0 Å². The van der Waals surface area contributed by atoms with Gasteiger partial charge in [-0.05, 0) is 78.6 Å². The van der Waals surface area contributed by atoms with E-state index in [1.165, 1.54) is 38.9 Å². The molecule has 0 spiro atoms. The minimum Gasteiger partial charge on any atom is -0.260 e. The highest BCUT2D eigenvalue weighted by Crippen LogP contribution is 2.30. The lowest BCUT2D eigenvalue weighted by atomic mass is 9.94. The molecule has 2 heteroatoms. The van der Waals surface area contributed by atoms with Crippen LogP contribution in [0.5, 0.6) is 0 Å². The number of pyridine rings is 1. The van der Waals surface area contributed by atoms with Crippen LogP contribution in [0.4, 0.5) is 0 Å². The summed E-state index contributed by atoms with van der Waals surface area (Å²) in [5, 5.41) is 9.39. The van der Waals surface area contributed by atoms with E-state index >= 15 is 0 Å². The fourth-order valence-electron chi connectivity index (χ4n) is 3.78. The van der Waals surface area contributed by atoms with Crippen LogP contribution >= 0.6 is 0 Å². The molecule has 122 valence electrons. The van der Waals surface area contributed by atoms with Gasteiger partial charge in [-0.2, -0.15) is 5.26 Å². The van der Waals surface area contributed by atoms with Gasteiger partial charge in [-0.3, -0.25) is 4.98 Å². The Morgan fingerprint density at radius 2 is 1.84 bits per heavy atom. The second-order valence-corrected chi connectivity index (χ2v) is 6.81. The summed E-state index contributed by atoms with van der Waals surface area (Å²) in [6.45, 7) is 4.32. The van der Waals surface area contributed by atoms with Crippen molar-refractivity contribution in [3.05, 3.63) is 87.7 Å². The Morgan fingerprint density at radius 3 is 2.68 bits per heavy atom. The molecule has 0 N–H and O–H groups in total. The molecule has 4 rings (SSSR count). The first-order valence-electron chi connectivity index (χ1n) is 8.72. The Bertz CT molecular complexity index is 1010. The molecule has 0 fully saturated rings. The molecule has 0 amide bonds. The van der Waals surface area contributed by atoms with E-state index in [0.29, 0.717) is 0 Å². The van der Waals surface area contributed by atoms with Gasteiger partial charge >= 0.3 is 0 Å². The number of nitriles is 1. The summed E-state index contributed by atoms with van der Waals surface area (Å²) in [4.78, 5) is 4.78. The zero-order chi connectivity index (χ0) is 17.4. The lowest BCUT2D eigenvalue weighted by Crippen LogP contribution is -1.98. The molecular formula is C23H20N2. The summed E-state index contributed by atoms with van der Waals surface area (Å²) >= 11 is 0. The van der Waals surface area contributed by atoms with Gasteiger partial charge in [-0.1, -0.05) is 30.3 Å². The molecule has 1 aliphatic carbocycles. The van der Waals surface area contributed by atoms with E-state index in [2.05, 4.69) is 50.2 Å². The van der Waals surface area contributed by atoms with E-state index in [0.717, 1.165) is 30.5 Å². The van der Waals surface area contributed by atoms with Gasteiger partial charge in [0.25, 0.3) is 0 Å². The van der Waals surface area contributed by atoms with Crippen molar-refractivity contribution in [1.29, 1.82) is 5.26 Å². The molecule has 1 aromatic heterocycles. The van der Waals surface area contributed by atoms with Crippen molar-refractivity contribution in [3.8, 4) is 17.2 Å². The summed E-state index contributed by atoms with van der Waals surface area (Å²) in [5.74, 6) is 0. The van der Waals surface area contributed by atoms with E-state index in [4.69, 9.17) is 4.98 Å². The van der Waals surface area contributed by atoms with Crippen LogP contribution in [0.25, 0.3) is 11.1 Å². The van der Waals surface area contributed by atoms with Gasteiger partial charge in [0.05, 0.1) is 11.6 Å². The third-order valence-corrected chi connectivity index (χ3v) is 5.36. The fourth-order valence-corrected chi connectivity index (χ4v) is 3.78. The van der Waals surface area contributed by atoms with Crippen LogP contribution in [0.15, 0.2) is 48.7 Å². The maximum atomic E-state index is 9.39. The van der Waals surface area contributed by atoms with Gasteiger partial charge in [-0.25, -0.2) is 0 Å². The van der Waals surface area contributed by atoms with Crippen LogP contribution in [-0.4, -0.2) is 4.98 Å². The lowest BCUT2D eigenvalue weighted by Gasteiger charge is -2.12. The van der Waals surface area contributed by atoms with E-state index in [9.17, 15) is 5.26 Å². The Hall–Kier alpha value is -2.92. The monoisotopic (exact) mass is 324 g/mol. The number of rotatable bonds is 1. The minimum absolute atomic E-state index is 0.806. The predicted octanol–water partition coefficient (Wildman–Crippen LogP) is 4.93. The van der Waals surface area contributed by atoms with E-state index < -0.39 is 0 Å². The van der Waals surface area contributed by atoms with Crippen molar-refractivity contribution in [1.82, 2.24) is 4.98 Å². The van der Waals surface area contributed by atoms with Crippen molar-refractivity contribution in [2.75, 3.05) is 0 Å². The molecule has 0 aliphatic heterocycles. The fraction of sp³-hybridized carbons (Fsp3) is 0.217. The second-order valence-electron chi connectivity index (χ2n) is 6.81. The lowest BCUT2D eigenvalue weighted by molar-refractivity contribution is 0.914. The highest BCUT2D eigenvalue weighted by Gasteiger charge is 2.18. The van der Waals surface area contributed by atoms with Crippen molar-refractivity contribution in [3.63, 3.8) is 0 Å². The minimum atomic E-state index is 0.806. The van der Waals surface area contributed by atoms with Crippen LogP contribution < -0.4 is 0 Å². The molecule has 0 radical (unpaired) electrons. The van der Waals surface area contributed by atoms with Gasteiger partial charge in [0.15, 0.2) is 0 Å². The number of nitrogens with zero attached hydrogens (tertiary/aromatic N) is 2. The molecule has 25 heavy (non-hydrogen) atoms. The molecule has 3 aromatic rings. The Morgan fingerprint density at radius 1 is 1.00 bits per heavy atom. The SMILES string of the molecule is Cc1cccc(-c2cnc3c(c2)Cc2cccc(C#N)c2CC3)c1C. The van der Waals surface area contributed by atoms with E-state index in [-0.39, 0.29) is 0 Å². The highest BCUT2D eigenvalue weighted by atomic mass is 14.7. The zero-order valence-corrected chi connectivity index (χ0v) is 14.6. The van der Waals surface area contributed by atoms with Crippen LogP contribution in [0, 0.1) is 25.2 Å². The van der Waals surface area contributed by atoms with Crippen LogP contribution in [0.2, 0.25) is 0 Å². The largest absolute Gasteiger partial charge is 0.260 e. The Labute approximate surface area is 148 Å². The van der Waals surface area contributed by atoms with Crippen molar-refractivity contribution in [2.24, 2.45) is 0 Å². The maximum absolute atomic E-state index is 9.39. The molecular weight excluding hydrogens is 304 g/mol. The first-order valence-corrected chi connectivity index (χ1v) is 8.72. The molecule has 2 nitrogen and oxygen atoms in total. The molecule has 0 bridgehead atoms. The molecule has 1 heterocycles. The summed E-state index contributed by atoms with van der Waals surface area (Å²) in [5.41, 5.74) is 10.8. The summed E-state index contributed by atoms with van der Waals surface area (Å²) in [6, 6.07) is 17.1. The molecule has 0 saturated heterocycles. The average Bonchev–Trinajstić information content (AvgIpc) is 2.82. The third-order valence-electron chi connectivity index (χ3n) is 5.36. The van der Waals surface area contributed by atoms with E-state index in [1.807, 2.05) is 18.3 Å². The summed E-state index contributed by atoms with van der Waals surface area (Å²) in [7, 11) is 0. The standard InChI is InChI=1S/C23H20N2/c1-15-5-3-8-21(16(15)2)20-12-19-11-17-6-4-7-18(13-24)22(17)9-10-23(19)25-14-20/h3-8,12,14H,9-11H2,1-2H3. The maximum Gasteiger partial charge on any atom is 0.0994 e. The normalized spacial score (nSPS) is 12.7.